The first kappa shape index (κ1) is 17.5. The molecule has 1 aliphatic heterocycles. The summed E-state index contributed by atoms with van der Waals surface area (Å²) in [4.78, 5) is 25.5. The van der Waals surface area contributed by atoms with Crippen molar-refractivity contribution in [2.45, 2.75) is 12.5 Å². The highest BCUT2D eigenvalue weighted by Gasteiger charge is 2.33. The monoisotopic (exact) mass is 379 g/mol. The number of hydroxylamine groups is 1. The molecule has 3 N–H and O–H groups in total. The zero-order chi connectivity index (χ0) is 18.0. The van der Waals surface area contributed by atoms with Crippen LogP contribution in [0.4, 0.5) is 11.4 Å². The van der Waals surface area contributed by atoms with Gasteiger partial charge in [0.2, 0.25) is 5.91 Å². The fraction of sp³-hybridized carbons (Fsp3) is 0.176. The number of nitrogens with zero attached hydrogens (tertiary/aromatic N) is 1. The van der Waals surface area contributed by atoms with E-state index in [0.29, 0.717) is 34.4 Å². The van der Waals surface area contributed by atoms with Gasteiger partial charge in [-0.2, -0.15) is 0 Å². The van der Waals surface area contributed by atoms with Crippen LogP contribution in [0.2, 0.25) is 10.0 Å². The molecular weight excluding hydrogens is 365 g/mol. The summed E-state index contributed by atoms with van der Waals surface area (Å²) >= 11 is 12.7. The molecule has 2 aromatic carbocycles. The van der Waals surface area contributed by atoms with Crippen LogP contribution < -0.4 is 15.7 Å². The van der Waals surface area contributed by atoms with E-state index in [1.54, 1.807) is 52.8 Å². The number of benzene rings is 2. The first-order valence-corrected chi connectivity index (χ1v) is 8.34. The molecule has 1 atom stereocenters. The fourth-order valence-corrected chi connectivity index (χ4v) is 3.43. The highest BCUT2D eigenvalue weighted by atomic mass is 35.5. The normalized spacial score (nSPS) is 16.4. The molecule has 0 saturated carbocycles. The number of nitrogens with one attached hydrogen (secondary N) is 2. The second-order valence-electron chi connectivity index (χ2n) is 5.52. The second-order valence-corrected chi connectivity index (χ2v) is 6.34. The summed E-state index contributed by atoms with van der Waals surface area (Å²) < 4.78 is 0. The van der Waals surface area contributed by atoms with Crippen molar-refractivity contribution in [2.75, 3.05) is 11.4 Å². The van der Waals surface area contributed by atoms with Crippen LogP contribution >= 0.6 is 23.2 Å². The number of hydrogen-bond acceptors (Lipinski definition) is 4. The highest BCUT2D eigenvalue weighted by molar-refractivity contribution is 6.39. The van der Waals surface area contributed by atoms with Crippen molar-refractivity contribution in [3.8, 4) is 0 Å². The Bertz CT molecular complexity index is 791. The van der Waals surface area contributed by atoms with Crippen LogP contribution in [0.5, 0.6) is 0 Å². The van der Waals surface area contributed by atoms with Gasteiger partial charge in [-0.25, -0.2) is 5.48 Å². The summed E-state index contributed by atoms with van der Waals surface area (Å²) in [6.07, 6.45) is 0.596. The quantitative estimate of drug-likeness (QED) is 0.562. The van der Waals surface area contributed by atoms with Crippen LogP contribution in [0.15, 0.2) is 42.5 Å². The summed E-state index contributed by atoms with van der Waals surface area (Å²) in [5, 5.41) is 12.4. The third-order valence-electron chi connectivity index (χ3n) is 4.02. The Morgan fingerprint density at radius 1 is 1.16 bits per heavy atom. The lowest BCUT2D eigenvalue weighted by Crippen LogP contribution is -2.38. The van der Waals surface area contributed by atoms with Gasteiger partial charge in [-0.1, -0.05) is 29.3 Å². The van der Waals surface area contributed by atoms with Gasteiger partial charge in [0.15, 0.2) is 0 Å². The minimum atomic E-state index is -0.618. The first-order valence-electron chi connectivity index (χ1n) is 7.58. The summed E-state index contributed by atoms with van der Waals surface area (Å²) in [7, 11) is 0. The Morgan fingerprint density at radius 2 is 1.80 bits per heavy atom. The number of amides is 2. The minimum absolute atomic E-state index is 0.117. The Labute approximate surface area is 154 Å². The van der Waals surface area contributed by atoms with Gasteiger partial charge in [0, 0.05) is 17.8 Å². The lowest BCUT2D eigenvalue weighted by molar-refractivity contribution is -0.120. The predicted octanol–water partition coefficient (Wildman–Crippen LogP) is 3.14. The van der Waals surface area contributed by atoms with Crippen LogP contribution in [0.25, 0.3) is 0 Å². The largest absolute Gasteiger partial charge is 0.354 e. The maximum atomic E-state index is 12.3. The van der Waals surface area contributed by atoms with Gasteiger partial charge in [-0.3, -0.25) is 14.8 Å². The zero-order valence-electron chi connectivity index (χ0n) is 13.0. The molecule has 6 nitrogen and oxygen atoms in total. The average Bonchev–Trinajstić information content (AvgIpc) is 3.03. The molecule has 1 aliphatic rings. The second kappa shape index (κ2) is 7.31. The van der Waals surface area contributed by atoms with Crippen molar-refractivity contribution in [1.29, 1.82) is 0 Å². The van der Waals surface area contributed by atoms with Crippen LogP contribution in [0.3, 0.4) is 0 Å². The third-order valence-corrected chi connectivity index (χ3v) is 4.63. The number of anilines is 2. The summed E-state index contributed by atoms with van der Waals surface area (Å²) in [6, 6.07) is 11.1. The number of carbonyl (C=O) groups excluding carboxylic acids is 2. The molecule has 2 amide bonds. The Kier molecular flexibility index (Phi) is 5.13. The molecule has 0 bridgehead atoms. The molecule has 0 spiro atoms. The topological polar surface area (TPSA) is 81.7 Å². The Balaban J connectivity index is 2.09. The minimum Gasteiger partial charge on any atom is -0.354 e. The molecule has 0 radical (unpaired) electrons. The fourth-order valence-electron chi connectivity index (χ4n) is 2.85. The molecular formula is C17H15Cl2N3O3. The molecule has 1 unspecified atom stereocenters. The average molecular weight is 380 g/mol. The van der Waals surface area contributed by atoms with Crippen LogP contribution in [0.1, 0.15) is 16.8 Å². The summed E-state index contributed by atoms with van der Waals surface area (Å²) in [6.45, 7) is 0.563. The molecule has 1 saturated heterocycles. The van der Waals surface area contributed by atoms with Crippen molar-refractivity contribution in [3.63, 3.8) is 0 Å². The van der Waals surface area contributed by atoms with E-state index in [9.17, 15) is 9.59 Å². The van der Waals surface area contributed by atoms with Crippen LogP contribution in [-0.4, -0.2) is 29.6 Å². The molecule has 130 valence electrons. The molecule has 3 rings (SSSR count). The summed E-state index contributed by atoms with van der Waals surface area (Å²) in [5.41, 5.74) is 3.06. The zero-order valence-corrected chi connectivity index (χ0v) is 14.5. The molecule has 1 fully saturated rings. The highest BCUT2D eigenvalue weighted by Crippen LogP contribution is 2.40. The van der Waals surface area contributed by atoms with Crippen LogP contribution in [-0.2, 0) is 4.79 Å². The van der Waals surface area contributed by atoms with Gasteiger partial charge in [-0.15, -0.1) is 0 Å². The van der Waals surface area contributed by atoms with Gasteiger partial charge < -0.3 is 10.2 Å². The molecule has 0 aromatic heterocycles. The van der Waals surface area contributed by atoms with E-state index < -0.39 is 11.9 Å². The lowest BCUT2D eigenvalue weighted by atomic mass is 10.1. The molecule has 1 heterocycles. The maximum absolute atomic E-state index is 12.3. The van der Waals surface area contributed by atoms with Crippen molar-refractivity contribution in [2.24, 2.45) is 0 Å². The third kappa shape index (κ3) is 3.42. The van der Waals surface area contributed by atoms with E-state index in [1.807, 2.05) is 0 Å². The van der Waals surface area contributed by atoms with Gasteiger partial charge in [0.25, 0.3) is 5.91 Å². The lowest BCUT2D eigenvalue weighted by Gasteiger charge is -2.31. The van der Waals surface area contributed by atoms with E-state index in [-0.39, 0.29) is 11.5 Å². The Hall–Kier alpha value is -2.28. The Morgan fingerprint density at radius 3 is 2.32 bits per heavy atom. The van der Waals surface area contributed by atoms with Gasteiger partial charge in [0.1, 0.15) is 6.04 Å². The number of halogens is 2. The molecule has 8 heteroatoms. The number of rotatable bonds is 4. The standard InChI is InChI=1S/C17H15Cl2N3O3/c18-12-2-1-3-13(19)15(12)22(14-8-9-20-17(14)24)11-6-4-10(5-7-11)16(23)21-25/h1-7,14,25H,8-9H2,(H,20,24)(H,21,23). The van der Waals surface area contributed by atoms with E-state index in [1.165, 1.54) is 0 Å². The van der Waals surface area contributed by atoms with Gasteiger partial charge in [-0.05, 0) is 42.8 Å². The van der Waals surface area contributed by atoms with E-state index >= 15 is 0 Å². The van der Waals surface area contributed by atoms with E-state index in [0.717, 1.165) is 0 Å². The smallest absolute Gasteiger partial charge is 0.274 e. The molecule has 0 aliphatic carbocycles. The van der Waals surface area contributed by atoms with E-state index in [4.69, 9.17) is 28.4 Å². The number of para-hydroxylation sites is 1. The maximum Gasteiger partial charge on any atom is 0.274 e. The van der Waals surface area contributed by atoms with E-state index in [2.05, 4.69) is 5.32 Å². The van der Waals surface area contributed by atoms with Gasteiger partial charge >= 0.3 is 0 Å². The van der Waals surface area contributed by atoms with Gasteiger partial charge in [0.05, 0.1) is 15.7 Å². The summed E-state index contributed by atoms with van der Waals surface area (Å²) in [5.74, 6) is -0.736. The molecule has 25 heavy (non-hydrogen) atoms. The van der Waals surface area contributed by atoms with Crippen molar-refractivity contribution in [1.82, 2.24) is 10.8 Å². The van der Waals surface area contributed by atoms with Crippen molar-refractivity contribution >= 4 is 46.4 Å². The van der Waals surface area contributed by atoms with Crippen LogP contribution in [0, 0.1) is 0 Å². The first-order chi connectivity index (χ1) is 12.0. The SMILES string of the molecule is O=C(NO)c1ccc(N(c2c(Cl)cccc2Cl)C2CCNC2=O)cc1. The van der Waals surface area contributed by atoms with Crippen molar-refractivity contribution in [3.05, 3.63) is 58.1 Å². The number of hydrogen-bond donors (Lipinski definition) is 3. The molecule has 2 aromatic rings. The number of carbonyl (C=O) groups is 2. The predicted molar refractivity (Wildman–Crippen MR) is 95.7 cm³/mol. The van der Waals surface area contributed by atoms with Crippen molar-refractivity contribution < 1.29 is 14.8 Å².